The second-order valence-corrected chi connectivity index (χ2v) is 4.66. The SMILES string of the molecule is C#C.C=C(C)NC(=O)c1[nH]ncc1-c1cccc(CO)c1.C=CC. The van der Waals surface area contributed by atoms with Gasteiger partial charge in [0.15, 0.2) is 0 Å². The van der Waals surface area contributed by atoms with Gasteiger partial charge in [0.1, 0.15) is 5.69 Å². The van der Waals surface area contributed by atoms with Crippen LogP contribution in [0.3, 0.4) is 0 Å². The smallest absolute Gasteiger partial charge is 0.274 e. The number of hydrogen-bond acceptors (Lipinski definition) is 3. The molecule has 5 heteroatoms. The predicted octanol–water partition coefficient (Wildman–Crippen LogP) is 3.27. The van der Waals surface area contributed by atoms with Crippen LogP contribution in [0.25, 0.3) is 11.1 Å². The van der Waals surface area contributed by atoms with Crippen LogP contribution in [-0.2, 0) is 6.61 Å². The largest absolute Gasteiger partial charge is 0.392 e. The van der Waals surface area contributed by atoms with Crippen LogP contribution < -0.4 is 5.32 Å². The number of carbonyl (C=O) groups excluding carboxylic acids is 1. The molecule has 0 spiro atoms. The van der Waals surface area contributed by atoms with Crippen LogP contribution in [-0.4, -0.2) is 21.2 Å². The number of aromatic nitrogens is 2. The van der Waals surface area contributed by atoms with Gasteiger partial charge in [0.2, 0.25) is 0 Å². The normalized spacial score (nSPS) is 8.71. The Labute approximate surface area is 143 Å². The second kappa shape index (κ2) is 11.5. The van der Waals surface area contributed by atoms with Crippen molar-refractivity contribution in [2.75, 3.05) is 0 Å². The molecule has 24 heavy (non-hydrogen) atoms. The number of aromatic amines is 1. The van der Waals surface area contributed by atoms with Crippen molar-refractivity contribution in [1.82, 2.24) is 15.5 Å². The summed E-state index contributed by atoms with van der Waals surface area (Å²) in [5.74, 6) is -0.283. The highest BCUT2D eigenvalue weighted by molar-refractivity contribution is 5.99. The summed E-state index contributed by atoms with van der Waals surface area (Å²) in [6.45, 7) is 10.6. The van der Waals surface area contributed by atoms with Crippen molar-refractivity contribution in [3.63, 3.8) is 0 Å². The first kappa shape index (κ1) is 20.9. The maximum Gasteiger partial charge on any atom is 0.274 e. The zero-order valence-corrected chi connectivity index (χ0v) is 14.0. The summed E-state index contributed by atoms with van der Waals surface area (Å²) in [4.78, 5) is 12.0. The van der Waals surface area contributed by atoms with Crippen molar-refractivity contribution in [2.24, 2.45) is 0 Å². The molecule has 1 amide bonds. The van der Waals surface area contributed by atoms with E-state index in [9.17, 15) is 4.79 Å². The lowest BCUT2D eigenvalue weighted by molar-refractivity contribution is 0.0962. The Morgan fingerprint density at radius 2 is 2.08 bits per heavy atom. The van der Waals surface area contributed by atoms with E-state index in [0.717, 1.165) is 11.1 Å². The van der Waals surface area contributed by atoms with E-state index in [1.807, 2.05) is 31.2 Å². The Morgan fingerprint density at radius 1 is 1.46 bits per heavy atom. The lowest BCUT2D eigenvalue weighted by Gasteiger charge is -2.06. The third-order valence-electron chi connectivity index (χ3n) is 2.61. The number of carbonyl (C=O) groups is 1. The zero-order valence-electron chi connectivity index (χ0n) is 14.0. The summed E-state index contributed by atoms with van der Waals surface area (Å²) < 4.78 is 0. The minimum absolute atomic E-state index is 0.0427. The highest BCUT2D eigenvalue weighted by Crippen LogP contribution is 2.23. The van der Waals surface area contributed by atoms with E-state index in [-0.39, 0.29) is 12.5 Å². The third kappa shape index (κ3) is 6.34. The summed E-state index contributed by atoms with van der Waals surface area (Å²) in [6, 6.07) is 7.33. The number of rotatable bonds is 4. The third-order valence-corrected chi connectivity index (χ3v) is 2.61. The molecule has 1 aromatic carbocycles. The molecule has 0 aliphatic rings. The zero-order chi connectivity index (χ0) is 18.5. The molecular weight excluding hydrogens is 302 g/mol. The number of aliphatic hydroxyl groups is 1. The molecule has 126 valence electrons. The fraction of sp³-hybridized carbons (Fsp3) is 0.158. The number of nitrogens with one attached hydrogen (secondary N) is 2. The molecular formula is C19H23N3O2. The van der Waals surface area contributed by atoms with Gasteiger partial charge >= 0.3 is 0 Å². The van der Waals surface area contributed by atoms with Gasteiger partial charge < -0.3 is 10.4 Å². The summed E-state index contributed by atoms with van der Waals surface area (Å²) in [5, 5.41) is 18.4. The molecule has 3 N–H and O–H groups in total. The fourth-order valence-electron chi connectivity index (χ4n) is 1.77. The Balaban J connectivity index is 0.000000952. The Bertz CT molecular complexity index is 699. The molecule has 0 unspecified atom stereocenters. The summed E-state index contributed by atoms with van der Waals surface area (Å²) in [5.41, 5.74) is 3.24. The van der Waals surface area contributed by atoms with Crippen molar-refractivity contribution >= 4 is 5.91 Å². The van der Waals surface area contributed by atoms with E-state index in [4.69, 9.17) is 5.11 Å². The van der Waals surface area contributed by atoms with Crippen LogP contribution >= 0.6 is 0 Å². The highest BCUT2D eigenvalue weighted by atomic mass is 16.3. The summed E-state index contributed by atoms with van der Waals surface area (Å²) in [7, 11) is 0. The summed E-state index contributed by atoms with van der Waals surface area (Å²) in [6.07, 6.45) is 11.3. The van der Waals surface area contributed by atoms with Crippen LogP contribution in [0, 0.1) is 12.8 Å². The van der Waals surface area contributed by atoms with Gasteiger partial charge in [0.05, 0.1) is 12.8 Å². The minimum atomic E-state index is -0.283. The van der Waals surface area contributed by atoms with Crippen LogP contribution in [0.1, 0.15) is 29.9 Å². The Morgan fingerprint density at radius 3 is 2.62 bits per heavy atom. The molecule has 0 saturated heterocycles. The van der Waals surface area contributed by atoms with Gasteiger partial charge in [-0.3, -0.25) is 9.89 Å². The monoisotopic (exact) mass is 325 g/mol. The van der Waals surface area contributed by atoms with E-state index in [0.29, 0.717) is 17.0 Å². The lowest BCUT2D eigenvalue weighted by atomic mass is 10.0. The number of allylic oxidation sites excluding steroid dienone is 2. The van der Waals surface area contributed by atoms with Gasteiger partial charge in [-0.05, 0) is 31.0 Å². The first-order chi connectivity index (χ1) is 11.5. The van der Waals surface area contributed by atoms with Gasteiger partial charge in [0, 0.05) is 11.3 Å². The van der Waals surface area contributed by atoms with E-state index in [2.05, 4.69) is 41.5 Å². The van der Waals surface area contributed by atoms with E-state index in [1.54, 1.807) is 19.2 Å². The number of H-pyrrole nitrogens is 1. The molecule has 2 rings (SSSR count). The first-order valence-electron chi connectivity index (χ1n) is 7.14. The first-order valence-corrected chi connectivity index (χ1v) is 7.14. The molecule has 5 nitrogen and oxygen atoms in total. The van der Waals surface area contributed by atoms with E-state index in [1.165, 1.54) is 0 Å². The molecule has 0 fully saturated rings. The van der Waals surface area contributed by atoms with Crippen molar-refractivity contribution in [3.8, 4) is 24.0 Å². The van der Waals surface area contributed by atoms with Crippen molar-refractivity contribution in [2.45, 2.75) is 20.5 Å². The summed E-state index contributed by atoms with van der Waals surface area (Å²) >= 11 is 0. The van der Waals surface area contributed by atoms with Crippen LogP contribution in [0.5, 0.6) is 0 Å². The number of amides is 1. The molecule has 0 bridgehead atoms. The van der Waals surface area contributed by atoms with Crippen LogP contribution in [0.4, 0.5) is 0 Å². The average molecular weight is 325 g/mol. The van der Waals surface area contributed by atoms with E-state index < -0.39 is 0 Å². The van der Waals surface area contributed by atoms with E-state index >= 15 is 0 Å². The number of nitrogens with zero attached hydrogens (tertiary/aromatic N) is 1. The number of aliphatic hydroxyl groups excluding tert-OH is 1. The average Bonchev–Trinajstić information content (AvgIpc) is 3.07. The van der Waals surface area contributed by atoms with Gasteiger partial charge in [-0.2, -0.15) is 5.10 Å². The number of hydrogen-bond donors (Lipinski definition) is 3. The van der Waals surface area contributed by atoms with Crippen LogP contribution in [0.2, 0.25) is 0 Å². The quantitative estimate of drug-likeness (QED) is 0.596. The topological polar surface area (TPSA) is 78.0 Å². The fourth-order valence-corrected chi connectivity index (χ4v) is 1.77. The van der Waals surface area contributed by atoms with Gasteiger partial charge in [-0.15, -0.1) is 19.4 Å². The molecule has 0 radical (unpaired) electrons. The van der Waals surface area contributed by atoms with Crippen molar-refractivity contribution in [3.05, 3.63) is 66.7 Å². The standard InChI is InChI=1S/C14H15N3O2.C3H6.C2H2/c1-9(2)16-14(19)13-12(7-15-17-13)11-5-3-4-10(6-11)8-18;1-3-2;1-2/h3-7,18H,1,8H2,2H3,(H,15,17)(H,16,19);3H,1H2,2H3;1-2H. The van der Waals surface area contributed by atoms with Gasteiger partial charge in [-0.25, -0.2) is 0 Å². The molecule has 0 atom stereocenters. The molecule has 2 aromatic rings. The predicted molar refractivity (Wildman–Crippen MR) is 98.0 cm³/mol. The lowest BCUT2D eigenvalue weighted by Crippen LogP contribution is -2.21. The maximum atomic E-state index is 12.0. The number of terminal acetylenes is 1. The van der Waals surface area contributed by atoms with Crippen molar-refractivity contribution < 1.29 is 9.90 Å². The Kier molecular flexibility index (Phi) is 9.98. The molecule has 0 aliphatic carbocycles. The maximum absolute atomic E-state index is 12.0. The number of benzene rings is 1. The van der Waals surface area contributed by atoms with Gasteiger partial charge in [0.25, 0.3) is 5.91 Å². The molecule has 0 saturated carbocycles. The van der Waals surface area contributed by atoms with Crippen molar-refractivity contribution in [1.29, 1.82) is 0 Å². The Hall–Kier alpha value is -3.10. The second-order valence-electron chi connectivity index (χ2n) is 4.66. The minimum Gasteiger partial charge on any atom is -0.392 e. The highest BCUT2D eigenvalue weighted by Gasteiger charge is 2.15. The molecule has 1 heterocycles. The molecule has 0 aliphatic heterocycles. The van der Waals surface area contributed by atoms with Crippen LogP contribution in [0.15, 0.2) is 55.4 Å². The van der Waals surface area contributed by atoms with Gasteiger partial charge in [-0.1, -0.05) is 30.9 Å². The molecule has 1 aromatic heterocycles.